The highest BCUT2D eigenvalue weighted by Gasteiger charge is 2.26. The summed E-state index contributed by atoms with van der Waals surface area (Å²) >= 11 is 0. The van der Waals surface area contributed by atoms with Gasteiger partial charge in [0.2, 0.25) is 0 Å². The molecule has 0 bridgehead atoms. The van der Waals surface area contributed by atoms with Crippen molar-refractivity contribution < 1.29 is 24.5 Å². The van der Waals surface area contributed by atoms with Crippen molar-refractivity contribution in [3.05, 3.63) is 58.7 Å². The van der Waals surface area contributed by atoms with Gasteiger partial charge in [0.1, 0.15) is 11.5 Å². The Balaban J connectivity index is 2.04. The number of aliphatic carboxylic acids is 1. The van der Waals surface area contributed by atoms with Gasteiger partial charge in [-0.3, -0.25) is 4.79 Å². The molecule has 0 saturated carbocycles. The van der Waals surface area contributed by atoms with E-state index in [-0.39, 0.29) is 22.7 Å². The van der Waals surface area contributed by atoms with Gasteiger partial charge in [0.15, 0.2) is 5.78 Å². The summed E-state index contributed by atoms with van der Waals surface area (Å²) in [6.07, 6.45) is 1.47. The normalized spacial score (nSPS) is 12.0. The number of ether oxygens (including phenoxy) is 1. The molecule has 0 atom stereocenters. The summed E-state index contributed by atoms with van der Waals surface area (Å²) < 4.78 is 5.15. The second-order valence-corrected chi connectivity index (χ2v) is 4.85. The maximum Gasteiger partial charge on any atom is 0.336 e. The number of phenolic OH excluding ortho intramolecular Hbond substituents is 1. The van der Waals surface area contributed by atoms with Crippen molar-refractivity contribution in [1.29, 1.82) is 0 Å². The summed E-state index contributed by atoms with van der Waals surface area (Å²) in [6.45, 7) is 0. The van der Waals surface area contributed by atoms with E-state index in [0.717, 1.165) is 0 Å². The molecule has 0 unspecified atom stereocenters. The molecule has 0 amide bonds. The number of benzene rings is 2. The van der Waals surface area contributed by atoms with Crippen LogP contribution in [-0.4, -0.2) is 29.1 Å². The van der Waals surface area contributed by atoms with Gasteiger partial charge in [-0.15, -0.1) is 0 Å². The number of para-hydroxylation sites is 1. The zero-order valence-electron chi connectivity index (χ0n) is 11.7. The van der Waals surface area contributed by atoms with Gasteiger partial charge in [0.25, 0.3) is 0 Å². The quantitative estimate of drug-likeness (QED) is 0.847. The summed E-state index contributed by atoms with van der Waals surface area (Å²) in [4.78, 5) is 23.5. The molecule has 2 aromatic rings. The summed E-state index contributed by atoms with van der Waals surface area (Å²) in [5.41, 5.74) is 1.63. The number of rotatable bonds is 4. The fraction of sp³-hybridized carbons (Fsp3) is 0.0588. The van der Waals surface area contributed by atoms with E-state index in [4.69, 9.17) is 9.84 Å². The Labute approximate surface area is 126 Å². The number of carboxylic acid groups (broad SMARTS) is 1. The Kier molecular flexibility index (Phi) is 3.18. The molecule has 2 N–H and O–H groups in total. The standard InChI is InChI=1S/C17H12O5/c1-22-15-5-3-2-4-10(15)16(19)13-7-9-6-12(17(20)21)11(9)8-14(13)18/h2-8,18H,1H3,(H,20,21). The molecule has 0 aromatic heterocycles. The second-order valence-electron chi connectivity index (χ2n) is 4.85. The molecule has 0 heterocycles. The molecule has 1 aliphatic carbocycles. The number of phenols is 1. The third kappa shape index (κ3) is 2.03. The van der Waals surface area contributed by atoms with E-state index in [1.54, 1.807) is 24.3 Å². The topological polar surface area (TPSA) is 83.8 Å². The minimum absolute atomic E-state index is 0.115. The number of carbonyl (C=O) groups excluding carboxylic acids is 1. The minimum Gasteiger partial charge on any atom is -0.507 e. The monoisotopic (exact) mass is 296 g/mol. The third-order valence-corrected chi connectivity index (χ3v) is 3.58. The first-order valence-corrected chi connectivity index (χ1v) is 6.53. The van der Waals surface area contributed by atoms with Crippen molar-refractivity contribution in [2.75, 3.05) is 7.11 Å². The van der Waals surface area contributed by atoms with Crippen molar-refractivity contribution in [3.8, 4) is 11.5 Å². The zero-order valence-corrected chi connectivity index (χ0v) is 11.7. The predicted molar refractivity (Wildman–Crippen MR) is 80.0 cm³/mol. The fourth-order valence-corrected chi connectivity index (χ4v) is 2.45. The number of fused-ring (bicyclic) bond motifs is 1. The summed E-state index contributed by atoms with van der Waals surface area (Å²) in [5.74, 6) is -1.27. The van der Waals surface area contributed by atoms with Gasteiger partial charge >= 0.3 is 5.97 Å². The lowest BCUT2D eigenvalue weighted by Gasteiger charge is -2.19. The molecule has 5 heteroatoms. The first-order valence-electron chi connectivity index (χ1n) is 6.53. The van der Waals surface area contributed by atoms with Crippen molar-refractivity contribution in [1.82, 2.24) is 0 Å². The minimum atomic E-state index is -1.06. The maximum atomic E-state index is 12.6. The molecular formula is C17H12O5. The average molecular weight is 296 g/mol. The molecule has 0 fully saturated rings. The number of ketones is 1. The third-order valence-electron chi connectivity index (χ3n) is 3.58. The number of hydrogen-bond acceptors (Lipinski definition) is 4. The summed E-state index contributed by atoms with van der Waals surface area (Å²) in [5, 5.41) is 19.0. The van der Waals surface area contributed by atoms with Crippen molar-refractivity contribution in [2.24, 2.45) is 0 Å². The molecule has 3 rings (SSSR count). The van der Waals surface area contributed by atoms with Crippen LogP contribution in [-0.2, 0) is 4.79 Å². The zero-order chi connectivity index (χ0) is 15.9. The van der Waals surface area contributed by atoms with Crippen LogP contribution in [0.3, 0.4) is 0 Å². The first kappa shape index (κ1) is 13.9. The van der Waals surface area contributed by atoms with E-state index in [9.17, 15) is 14.7 Å². The lowest BCUT2D eigenvalue weighted by Crippen LogP contribution is -2.11. The fourth-order valence-electron chi connectivity index (χ4n) is 2.45. The van der Waals surface area contributed by atoms with E-state index in [2.05, 4.69) is 0 Å². The largest absolute Gasteiger partial charge is 0.507 e. The Hall–Kier alpha value is -3.08. The Bertz CT molecular complexity index is 833. The van der Waals surface area contributed by atoms with E-state index < -0.39 is 5.97 Å². The smallest absolute Gasteiger partial charge is 0.336 e. The van der Waals surface area contributed by atoms with Crippen LogP contribution in [0.25, 0.3) is 11.6 Å². The van der Waals surface area contributed by atoms with Crippen LogP contribution in [0.15, 0.2) is 36.4 Å². The van der Waals surface area contributed by atoms with Crippen LogP contribution in [0.2, 0.25) is 0 Å². The molecule has 110 valence electrons. The lowest BCUT2D eigenvalue weighted by atomic mass is 9.85. The number of methoxy groups -OCH3 is 1. The van der Waals surface area contributed by atoms with Crippen molar-refractivity contribution in [3.63, 3.8) is 0 Å². The number of hydrogen-bond donors (Lipinski definition) is 2. The molecule has 22 heavy (non-hydrogen) atoms. The van der Waals surface area contributed by atoms with Crippen LogP contribution in [0.5, 0.6) is 11.5 Å². The number of aromatic hydroxyl groups is 1. The van der Waals surface area contributed by atoms with Crippen molar-refractivity contribution in [2.45, 2.75) is 0 Å². The Morgan fingerprint density at radius 1 is 1.09 bits per heavy atom. The van der Waals surface area contributed by atoms with Gasteiger partial charge in [0, 0.05) is 0 Å². The van der Waals surface area contributed by atoms with E-state index in [1.807, 2.05) is 0 Å². The van der Waals surface area contributed by atoms with Crippen LogP contribution in [0.1, 0.15) is 27.0 Å². The molecule has 0 aliphatic heterocycles. The summed E-state index contributed by atoms with van der Waals surface area (Å²) in [7, 11) is 1.46. The van der Waals surface area contributed by atoms with Crippen LogP contribution < -0.4 is 4.74 Å². The summed E-state index contributed by atoms with van der Waals surface area (Å²) in [6, 6.07) is 9.52. The van der Waals surface area contributed by atoms with Gasteiger partial charge in [0.05, 0.1) is 23.8 Å². The lowest BCUT2D eigenvalue weighted by molar-refractivity contribution is -0.130. The SMILES string of the molecule is COc1ccccc1C(=O)c1cc2c(cc1O)C(C(=O)O)=C2. The number of carboxylic acids is 1. The highest BCUT2D eigenvalue weighted by molar-refractivity contribution is 6.27. The highest BCUT2D eigenvalue weighted by Crippen LogP contribution is 2.38. The van der Waals surface area contributed by atoms with Crippen LogP contribution in [0.4, 0.5) is 0 Å². The predicted octanol–water partition coefficient (Wildman–Crippen LogP) is 2.57. The molecule has 1 aliphatic rings. The average Bonchev–Trinajstić information content (AvgIpc) is 2.49. The number of carbonyl (C=O) groups is 2. The van der Waals surface area contributed by atoms with Gasteiger partial charge in [-0.1, -0.05) is 12.1 Å². The molecule has 2 aromatic carbocycles. The van der Waals surface area contributed by atoms with Gasteiger partial charge in [-0.2, -0.15) is 0 Å². The molecule has 0 spiro atoms. The molecule has 5 nitrogen and oxygen atoms in total. The van der Waals surface area contributed by atoms with Gasteiger partial charge in [-0.25, -0.2) is 4.79 Å². The van der Waals surface area contributed by atoms with Crippen LogP contribution in [0, 0.1) is 0 Å². The van der Waals surface area contributed by atoms with E-state index in [0.29, 0.717) is 22.4 Å². The Morgan fingerprint density at radius 3 is 2.50 bits per heavy atom. The van der Waals surface area contributed by atoms with E-state index >= 15 is 0 Å². The van der Waals surface area contributed by atoms with Crippen LogP contribution >= 0.6 is 0 Å². The van der Waals surface area contributed by atoms with Gasteiger partial charge < -0.3 is 14.9 Å². The van der Waals surface area contributed by atoms with Gasteiger partial charge in [-0.05, 0) is 41.5 Å². The molecular weight excluding hydrogens is 284 g/mol. The maximum absolute atomic E-state index is 12.6. The molecule has 0 saturated heterocycles. The highest BCUT2D eigenvalue weighted by atomic mass is 16.5. The van der Waals surface area contributed by atoms with E-state index in [1.165, 1.54) is 25.3 Å². The second kappa shape index (κ2) is 5.04. The first-order chi connectivity index (χ1) is 10.5. The Morgan fingerprint density at radius 2 is 1.82 bits per heavy atom. The van der Waals surface area contributed by atoms with Crippen molar-refractivity contribution >= 4 is 23.4 Å². The molecule has 0 radical (unpaired) electrons.